The summed E-state index contributed by atoms with van der Waals surface area (Å²) in [5.41, 5.74) is -2.00. The van der Waals surface area contributed by atoms with Crippen LogP contribution in [0, 0.1) is 18.7 Å². The summed E-state index contributed by atoms with van der Waals surface area (Å²) in [5, 5.41) is 13.2. The van der Waals surface area contributed by atoms with E-state index in [0.717, 1.165) is 31.2 Å². The predicted octanol–water partition coefficient (Wildman–Crippen LogP) is 7.54. The van der Waals surface area contributed by atoms with Gasteiger partial charge < -0.3 is 20.1 Å². The number of aromatic nitrogens is 3. The van der Waals surface area contributed by atoms with Gasteiger partial charge in [0.05, 0.1) is 23.8 Å². The number of phenols is 1. The van der Waals surface area contributed by atoms with E-state index in [1.165, 1.54) is 45.9 Å². The SMILES string of the molecule is CCC(CC1CN(c2nc(OC)nc3c(F)c(-c4cc(O)cc5cccc(C(F)(F)F)c45)nc(C)c23)CCN1)C(=O)C(F)(F)F.FC1CC2CCCN2C1. The van der Waals surface area contributed by atoms with Crippen molar-refractivity contribution in [1.29, 1.82) is 0 Å². The van der Waals surface area contributed by atoms with Crippen molar-refractivity contribution in [3.63, 3.8) is 0 Å². The highest BCUT2D eigenvalue weighted by atomic mass is 19.4. The van der Waals surface area contributed by atoms with Crippen LogP contribution in [0.5, 0.6) is 11.8 Å². The van der Waals surface area contributed by atoms with Crippen LogP contribution >= 0.6 is 0 Å². The summed E-state index contributed by atoms with van der Waals surface area (Å²) in [6, 6.07) is 5.31. The molecule has 0 bridgehead atoms. The molecule has 2 N–H and O–H groups in total. The third-order valence-corrected chi connectivity index (χ3v) is 10.4. The molecule has 2 aromatic carbocycles. The van der Waals surface area contributed by atoms with Crippen molar-refractivity contribution >= 4 is 33.3 Å². The van der Waals surface area contributed by atoms with E-state index in [1.54, 1.807) is 4.90 Å². The zero-order valence-corrected chi connectivity index (χ0v) is 29.8. The normalized spacial score (nSPS) is 21.2. The molecule has 0 aliphatic carbocycles. The summed E-state index contributed by atoms with van der Waals surface area (Å²) in [6.07, 6.45) is -7.07. The molecule has 3 aliphatic heterocycles. The van der Waals surface area contributed by atoms with E-state index in [0.29, 0.717) is 25.7 Å². The number of hydrogen-bond donors (Lipinski definition) is 2. The van der Waals surface area contributed by atoms with E-state index in [4.69, 9.17) is 4.74 Å². The number of Topliss-reactive ketones (excluding diaryl/α,β-unsaturated/α-hetero) is 1. The molecule has 0 amide bonds. The minimum atomic E-state index is -4.97. The highest BCUT2D eigenvalue weighted by molar-refractivity contribution is 6.02. The lowest BCUT2D eigenvalue weighted by Gasteiger charge is -2.36. The standard InChI is InChI=1S/C30H28F7N5O3.C7H12FN/c1-4-15(26(44)30(35,36)37)10-17-13-42(9-8-38-17)27-21-14(2)39-24(23(31)25(21)40-28(41-27)45-3)19-12-18(43)11-16-6-5-7-20(22(16)19)29(32,33)34;8-6-4-7-2-1-3-9(7)5-6/h5-7,11-12,15,17,38,43H,4,8-10,13H2,1-3H3;6-7H,1-5H2. The van der Waals surface area contributed by atoms with E-state index < -0.39 is 59.1 Å². The van der Waals surface area contributed by atoms with Gasteiger partial charge in [-0.15, -0.1) is 0 Å². The van der Waals surface area contributed by atoms with Gasteiger partial charge in [-0.05, 0) is 69.2 Å². The number of hydrogen-bond acceptors (Lipinski definition) is 9. The Morgan fingerprint density at radius 1 is 1.07 bits per heavy atom. The number of rotatable bonds is 7. The van der Waals surface area contributed by atoms with Crippen molar-refractivity contribution < 1.29 is 49.8 Å². The number of ketones is 1. The van der Waals surface area contributed by atoms with Gasteiger partial charge in [-0.25, -0.2) is 13.8 Å². The molecule has 0 saturated carbocycles. The molecular formula is C37H40F8N6O3. The molecule has 3 fully saturated rings. The van der Waals surface area contributed by atoms with Gasteiger partial charge in [-0.2, -0.15) is 36.3 Å². The van der Waals surface area contributed by atoms with Crippen LogP contribution < -0.4 is 15.0 Å². The fourth-order valence-electron chi connectivity index (χ4n) is 7.88. The summed E-state index contributed by atoms with van der Waals surface area (Å²) in [4.78, 5) is 28.8. The molecule has 4 unspecified atom stereocenters. The summed E-state index contributed by atoms with van der Waals surface area (Å²) < 4.78 is 116. The number of piperazine rings is 1. The largest absolute Gasteiger partial charge is 0.508 e. The highest BCUT2D eigenvalue weighted by Gasteiger charge is 2.43. The quantitative estimate of drug-likeness (QED) is 0.185. The predicted molar refractivity (Wildman–Crippen MR) is 186 cm³/mol. The molecule has 0 spiro atoms. The number of carbonyl (C=O) groups excluding carboxylic acids is 1. The Morgan fingerprint density at radius 3 is 2.50 bits per heavy atom. The Kier molecular flexibility index (Phi) is 11.2. The Balaban J connectivity index is 0.000000478. The first-order valence-corrected chi connectivity index (χ1v) is 17.7. The highest BCUT2D eigenvalue weighted by Crippen LogP contribution is 2.43. The fraction of sp³-hybridized carbons (Fsp3) is 0.514. The van der Waals surface area contributed by atoms with Gasteiger partial charge in [0.1, 0.15) is 28.9 Å². The number of phenolic OH excluding ortho intramolecular Hbond substituents is 1. The number of aryl methyl sites for hydroxylation is 1. The van der Waals surface area contributed by atoms with Crippen LogP contribution in [0.3, 0.4) is 0 Å². The fourth-order valence-corrected chi connectivity index (χ4v) is 7.88. The van der Waals surface area contributed by atoms with Crippen LogP contribution in [0.2, 0.25) is 0 Å². The lowest BCUT2D eigenvalue weighted by molar-refractivity contribution is -0.176. The van der Waals surface area contributed by atoms with Gasteiger partial charge in [-0.1, -0.05) is 19.1 Å². The average Bonchev–Trinajstić information content (AvgIpc) is 3.71. The summed E-state index contributed by atoms with van der Waals surface area (Å²) in [5.74, 6) is -4.40. The number of nitrogens with zero attached hydrogens (tertiary/aromatic N) is 5. The van der Waals surface area contributed by atoms with Crippen molar-refractivity contribution in [2.75, 3.05) is 44.7 Å². The van der Waals surface area contributed by atoms with Crippen molar-refractivity contribution in [1.82, 2.24) is 25.2 Å². The minimum Gasteiger partial charge on any atom is -0.508 e. The third kappa shape index (κ3) is 8.02. The number of ether oxygens (including phenoxy) is 1. The molecule has 3 saturated heterocycles. The summed E-state index contributed by atoms with van der Waals surface area (Å²) in [6.45, 7) is 5.56. The van der Waals surface area contributed by atoms with Gasteiger partial charge in [0.2, 0.25) is 5.78 Å². The topological polar surface area (TPSA) is 104 Å². The first kappa shape index (κ1) is 39.3. The Labute approximate surface area is 305 Å². The monoisotopic (exact) mass is 768 g/mol. The number of fused-ring (bicyclic) bond motifs is 3. The number of nitrogens with one attached hydrogen (secondary N) is 1. The average molecular weight is 769 g/mol. The molecule has 17 heteroatoms. The molecule has 54 heavy (non-hydrogen) atoms. The zero-order chi connectivity index (χ0) is 39.1. The summed E-state index contributed by atoms with van der Waals surface area (Å²) in [7, 11) is 1.24. The van der Waals surface area contributed by atoms with Crippen molar-refractivity contribution in [2.45, 2.75) is 76.6 Å². The Hall–Kier alpha value is -4.38. The van der Waals surface area contributed by atoms with Crippen LogP contribution in [0.15, 0.2) is 30.3 Å². The molecule has 7 rings (SSSR count). The van der Waals surface area contributed by atoms with E-state index >= 15 is 4.39 Å². The van der Waals surface area contributed by atoms with Crippen LogP contribution in [-0.2, 0) is 11.0 Å². The van der Waals surface area contributed by atoms with Crippen LogP contribution in [0.4, 0.5) is 40.9 Å². The van der Waals surface area contributed by atoms with E-state index in [1.807, 2.05) is 0 Å². The van der Waals surface area contributed by atoms with Crippen LogP contribution in [-0.4, -0.2) is 95.0 Å². The van der Waals surface area contributed by atoms with Gasteiger partial charge in [-0.3, -0.25) is 9.69 Å². The van der Waals surface area contributed by atoms with Gasteiger partial charge in [0.15, 0.2) is 5.82 Å². The molecule has 292 valence electrons. The molecule has 0 radical (unpaired) electrons. The number of aromatic hydroxyl groups is 1. The van der Waals surface area contributed by atoms with Crippen LogP contribution in [0.25, 0.3) is 32.9 Å². The van der Waals surface area contributed by atoms with Crippen LogP contribution in [0.1, 0.15) is 50.3 Å². The molecule has 4 aromatic rings. The zero-order valence-electron chi connectivity index (χ0n) is 29.8. The Morgan fingerprint density at radius 2 is 1.83 bits per heavy atom. The molecular weight excluding hydrogens is 728 g/mol. The maximum absolute atomic E-state index is 16.4. The smallest absolute Gasteiger partial charge is 0.450 e. The third-order valence-electron chi connectivity index (χ3n) is 10.4. The lowest BCUT2D eigenvalue weighted by atomic mass is 9.91. The molecule has 4 atom stereocenters. The minimum absolute atomic E-state index is 0.0148. The number of pyridine rings is 1. The number of halogens is 8. The van der Waals surface area contributed by atoms with E-state index in [-0.39, 0.29) is 64.1 Å². The first-order valence-electron chi connectivity index (χ1n) is 17.7. The molecule has 9 nitrogen and oxygen atoms in total. The van der Waals surface area contributed by atoms with Crippen molar-refractivity contribution in [3.8, 4) is 23.0 Å². The van der Waals surface area contributed by atoms with Gasteiger partial charge in [0, 0.05) is 55.1 Å². The van der Waals surface area contributed by atoms with Gasteiger partial charge >= 0.3 is 18.4 Å². The van der Waals surface area contributed by atoms with Crippen molar-refractivity contribution in [2.24, 2.45) is 5.92 Å². The number of alkyl halides is 7. The maximum atomic E-state index is 16.4. The second-order valence-electron chi connectivity index (χ2n) is 13.9. The molecule has 3 aliphatic rings. The second-order valence-corrected chi connectivity index (χ2v) is 13.9. The number of methoxy groups -OCH3 is 1. The van der Waals surface area contributed by atoms with E-state index in [9.17, 15) is 40.6 Å². The van der Waals surface area contributed by atoms with Crippen molar-refractivity contribution in [3.05, 3.63) is 47.4 Å². The maximum Gasteiger partial charge on any atom is 0.450 e. The first-order chi connectivity index (χ1) is 25.5. The van der Waals surface area contributed by atoms with Gasteiger partial charge in [0.25, 0.3) is 0 Å². The number of anilines is 1. The Bertz CT molecular complexity index is 2010. The number of carbonyl (C=O) groups is 1. The summed E-state index contributed by atoms with van der Waals surface area (Å²) >= 11 is 0. The molecule has 5 heterocycles. The number of benzene rings is 2. The van der Waals surface area contributed by atoms with E-state index in [2.05, 4.69) is 25.2 Å². The lowest BCUT2D eigenvalue weighted by Crippen LogP contribution is -2.52. The molecule has 2 aromatic heterocycles. The second kappa shape index (κ2) is 15.4.